The highest BCUT2D eigenvalue weighted by Crippen LogP contribution is 2.30. The van der Waals surface area contributed by atoms with E-state index in [-0.39, 0.29) is 5.91 Å². The molecule has 1 aliphatic heterocycles. The molecule has 0 radical (unpaired) electrons. The van der Waals surface area contributed by atoms with Crippen LogP contribution in [0.3, 0.4) is 0 Å². The predicted octanol–water partition coefficient (Wildman–Crippen LogP) is 2.22. The van der Waals surface area contributed by atoms with E-state index in [9.17, 15) is 18.0 Å². The number of amides is 1. The minimum Gasteiger partial charge on any atom is -0.348 e. The first-order valence-electron chi connectivity index (χ1n) is 4.63. The Balaban J connectivity index is 2.27. The zero-order valence-electron chi connectivity index (χ0n) is 8.14. The van der Waals surface area contributed by atoms with E-state index in [0.29, 0.717) is 17.7 Å². The fourth-order valence-electron chi connectivity index (χ4n) is 1.50. The minimum atomic E-state index is -4.32. The molecular formula is C11H8F3NO. The van der Waals surface area contributed by atoms with E-state index in [2.05, 4.69) is 5.32 Å². The number of hydrogen-bond donors (Lipinski definition) is 1. The molecule has 0 spiro atoms. The van der Waals surface area contributed by atoms with Crippen molar-refractivity contribution in [2.75, 3.05) is 6.54 Å². The van der Waals surface area contributed by atoms with Gasteiger partial charge in [0.2, 0.25) is 5.91 Å². The predicted molar refractivity (Wildman–Crippen MR) is 52.4 cm³/mol. The second-order valence-electron chi connectivity index (χ2n) is 3.46. The Labute approximate surface area is 89.8 Å². The third-order valence-electron chi connectivity index (χ3n) is 2.34. The van der Waals surface area contributed by atoms with Crippen molar-refractivity contribution in [3.63, 3.8) is 0 Å². The Morgan fingerprint density at radius 3 is 2.19 bits per heavy atom. The van der Waals surface area contributed by atoms with E-state index in [1.165, 1.54) is 18.2 Å². The van der Waals surface area contributed by atoms with Crippen LogP contribution in [0.1, 0.15) is 11.1 Å². The number of rotatable bonds is 1. The van der Waals surface area contributed by atoms with Crippen molar-refractivity contribution in [3.05, 3.63) is 41.5 Å². The molecule has 0 saturated heterocycles. The molecule has 1 amide bonds. The molecule has 0 aromatic heterocycles. The van der Waals surface area contributed by atoms with Gasteiger partial charge in [0.05, 0.1) is 5.56 Å². The quantitative estimate of drug-likeness (QED) is 0.783. The van der Waals surface area contributed by atoms with Crippen molar-refractivity contribution in [2.45, 2.75) is 6.18 Å². The highest BCUT2D eigenvalue weighted by atomic mass is 19.4. The molecule has 0 saturated carbocycles. The molecule has 5 heteroatoms. The van der Waals surface area contributed by atoms with Crippen molar-refractivity contribution in [1.29, 1.82) is 0 Å². The summed E-state index contributed by atoms with van der Waals surface area (Å²) in [5, 5.41) is 2.56. The van der Waals surface area contributed by atoms with Gasteiger partial charge in [0.25, 0.3) is 0 Å². The topological polar surface area (TPSA) is 29.1 Å². The van der Waals surface area contributed by atoms with Crippen LogP contribution in [0.5, 0.6) is 0 Å². The average molecular weight is 227 g/mol. The molecule has 0 atom stereocenters. The summed E-state index contributed by atoms with van der Waals surface area (Å²) in [4.78, 5) is 10.9. The summed E-state index contributed by atoms with van der Waals surface area (Å²) in [5.74, 6) is -0.213. The highest BCUT2D eigenvalue weighted by molar-refractivity contribution is 6.00. The molecule has 1 heterocycles. The maximum Gasteiger partial charge on any atom is 0.416 e. The second kappa shape index (κ2) is 3.66. The second-order valence-corrected chi connectivity index (χ2v) is 3.46. The van der Waals surface area contributed by atoms with E-state index in [0.717, 1.165) is 12.1 Å². The number of nitrogens with one attached hydrogen (secondary N) is 1. The Morgan fingerprint density at radius 1 is 1.12 bits per heavy atom. The first kappa shape index (κ1) is 10.7. The molecule has 1 N–H and O–H groups in total. The van der Waals surface area contributed by atoms with E-state index >= 15 is 0 Å². The van der Waals surface area contributed by atoms with Crippen molar-refractivity contribution in [1.82, 2.24) is 5.32 Å². The number of halogens is 3. The standard InChI is InChI=1S/C11H8F3NO/c12-11(13,14)9-3-1-7(2-4-9)8-5-10(16)15-6-8/h1-5H,6H2,(H,15,16). The zero-order valence-corrected chi connectivity index (χ0v) is 8.14. The molecule has 2 nitrogen and oxygen atoms in total. The maximum atomic E-state index is 12.3. The van der Waals surface area contributed by atoms with Gasteiger partial charge >= 0.3 is 6.18 Å². The summed E-state index contributed by atoms with van der Waals surface area (Å²) < 4.78 is 36.8. The largest absolute Gasteiger partial charge is 0.416 e. The van der Waals surface area contributed by atoms with Gasteiger partial charge in [-0.1, -0.05) is 12.1 Å². The van der Waals surface area contributed by atoms with Gasteiger partial charge in [0, 0.05) is 12.6 Å². The lowest BCUT2D eigenvalue weighted by Crippen LogP contribution is -2.14. The van der Waals surface area contributed by atoms with Gasteiger partial charge in [-0.05, 0) is 23.3 Å². The molecule has 0 bridgehead atoms. The monoisotopic (exact) mass is 227 g/mol. The Kier molecular flexibility index (Phi) is 2.46. The zero-order chi connectivity index (χ0) is 11.8. The van der Waals surface area contributed by atoms with Gasteiger partial charge in [0.1, 0.15) is 0 Å². The van der Waals surface area contributed by atoms with Gasteiger partial charge in [-0.2, -0.15) is 13.2 Å². The summed E-state index contributed by atoms with van der Waals surface area (Å²) in [6.45, 7) is 0.365. The van der Waals surface area contributed by atoms with Gasteiger partial charge < -0.3 is 5.32 Å². The summed E-state index contributed by atoms with van der Waals surface area (Å²) >= 11 is 0. The maximum absolute atomic E-state index is 12.3. The van der Waals surface area contributed by atoms with Crippen molar-refractivity contribution >= 4 is 11.5 Å². The number of alkyl halides is 3. The fourth-order valence-corrected chi connectivity index (χ4v) is 1.50. The molecular weight excluding hydrogens is 219 g/mol. The fraction of sp³-hybridized carbons (Fsp3) is 0.182. The highest BCUT2D eigenvalue weighted by Gasteiger charge is 2.30. The van der Waals surface area contributed by atoms with Crippen LogP contribution >= 0.6 is 0 Å². The average Bonchev–Trinajstić information content (AvgIpc) is 2.64. The van der Waals surface area contributed by atoms with Crippen LogP contribution < -0.4 is 5.32 Å². The van der Waals surface area contributed by atoms with Crippen molar-refractivity contribution in [3.8, 4) is 0 Å². The van der Waals surface area contributed by atoms with E-state index in [4.69, 9.17) is 0 Å². The Morgan fingerprint density at radius 2 is 1.75 bits per heavy atom. The lowest BCUT2D eigenvalue weighted by molar-refractivity contribution is -0.137. The van der Waals surface area contributed by atoms with Crippen LogP contribution in [0.15, 0.2) is 30.3 Å². The lowest BCUT2D eigenvalue weighted by atomic mass is 10.0. The molecule has 0 fully saturated rings. The van der Waals surface area contributed by atoms with Gasteiger partial charge in [0.15, 0.2) is 0 Å². The molecule has 1 aliphatic rings. The van der Waals surface area contributed by atoms with Crippen LogP contribution in [-0.2, 0) is 11.0 Å². The van der Waals surface area contributed by atoms with Crippen LogP contribution in [-0.4, -0.2) is 12.5 Å². The molecule has 84 valence electrons. The lowest BCUT2D eigenvalue weighted by Gasteiger charge is -2.07. The van der Waals surface area contributed by atoms with Crippen LogP contribution in [0.25, 0.3) is 5.57 Å². The van der Waals surface area contributed by atoms with E-state index in [1.807, 2.05) is 0 Å². The SMILES string of the molecule is O=C1C=C(c2ccc(C(F)(F)F)cc2)CN1. The molecule has 2 rings (SSSR count). The van der Waals surface area contributed by atoms with Crippen LogP contribution in [0.4, 0.5) is 13.2 Å². The molecule has 0 unspecified atom stereocenters. The van der Waals surface area contributed by atoms with Gasteiger partial charge in [-0.25, -0.2) is 0 Å². The first-order valence-corrected chi connectivity index (χ1v) is 4.63. The molecule has 16 heavy (non-hydrogen) atoms. The summed E-state index contributed by atoms with van der Waals surface area (Å²) in [7, 11) is 0. The Hall–Kier alpha value is -1.78. The molecule has 1 aromatic rings. The van der Waals surface area contributed by atoms with Crippen LogP contribution in [0, 0.1) is 0 Å². The minimum absolute atomic E-state index is 0.213. The van der Waals surface area contributed by atoms with Crippen molar-refractivity contribution < 1.29 is 18.0 Å². The third kappa shape index (κ3) is 2.08. The van der Waals surface area contributed by atoms with E-state index in [1.54, 1.807) is 0 Å². The Bertz CT molecular complexity index is 445. The summed E-state index contributed by atoms with van der Waals surface area (Å²) in [6.07, 6.45) is -2.93. The van der Waals surface area contributed by atoms with Crippen LogP contribution in [0.2, 0.25) is 0 Å². The summed E-state index contributed by atoms with van der Waals surface area (Å²) in [6, 6.07) is 4.77. The summed E-state index contributed by atoms with van der Waals surface area (Å²) in [5.41, 5.74) is 0.652. The normalized spacial score (nSPS) is 15.9. The number of hydrogen-bond acceptors (Lipinski definition) is 1. The molecule has 1 aromatic carbocycles. The first-order chi connectivity index (χ1) is 7.47. The van der Waals surface area contributed by atoms with E-state index < -0.39 is 11.7 Å². The molecule has 0 aliphatic carbocycles. The number of carbonyl (C=O) groups excluding carboxylic acids is 1. The van der Waals surface area contributed by atoms with Gasteiger partial charge in [-0.3, -0.25) is 4.79 Å². The van der Waals surface area contributed by atoms with Gasteiger partial charge in [-0.15, -0.1) is 0 Å². The third-order valence-corrected chi connectivity index (χ3v) is 2.34. The smallest absolute Gasteiger partial charge is 0.348 e. The number of benzene rings is 1. The number of carbonyl (C=O) groups is 1. The van der Waals surface area contributed by atoms with Crippen molar-refractivity contribution in [2.24, 2.45) is 0 Å².